The number of aromatic amines is 2. The minimum absolute atomic E-state index is 0.0541. The van der Waals surface area contributed by atoms with Crippen molar-refractivity contribution in [3.05, 3.63) is 124 Å². The molecule has 53 heavy (non-hydrogen) atoms. The Hall–Kier alpha value is -5.76. The van der Waals surface area contributed by atoms with E-state index in [1.165, 1.54) is 0 Å². The Kier molecular flexibility index (Phi) is 12.3. The largest absolute Gasteiger partial charge is 0.506 e. The van der Waals surface area contributed by atoms with Crippen LogP contribution < -0.4 is 16.4 Å². The number of amides is 1. The number of nitrogens with zero attached hydrogens (tertiary/aromatic N) is 6. The lowest BCUT2D eigenvalue weighted by molar-refractivity contribution is 0.100. The number of H-pyrrole nitrogens is 2. The van der Waals surface area contributed by atoms with Gasteiger partial charge >= 0.3 is 0 Å². The summed E-state index contributed by atoms with van der Waals surface area (Å²) in [6, 6.07) is 23.6. The molecule has 7 N–H and O–H groups in total. The second-order valence-electron chi connectivity index (χ2n) is 11.7. The molecule has 0 aliphatic rings. The van der Waals surface area contributed by atoms with Crippen LogP contribution in [0.4, 0.5) is 11.9 Å². The van der Waals surface area contributed by atoms with Crippen molar-refractivity contribution in [2.45, 2.75) is 25.7 Å². The van der Waals surface area contributed by atoms with Crippen LogP contribution in [-0.4, -0.2) is 64.0 Å². The molecule has 4 aromatic heterocycles. The molecule has 270 valence electrons. The number of fused-ring (bicyclic) bond motifs is 1. The summed E-state index contributed by atoms with van der Waals surface area (Å²) < 4.78 is 0. The van der Waals surface area contributed by atoms with Crippen molar-refractivity contribution in [1.29, 1.82) is 0 Å². The number of hydrogen-bond acceptors (Lipinski definition) is 10. The first-order valence-corrected chi connectivity index (χ1v) is 17.7. The maximum Gasteiger partial charge on any atom is 0.248 e. The molecule has 4 heterocycles. The summed E-state index contributed by atoms with van der Waals surface area (Å²) in [6.07, 6.45) is 6.63. The fraction of sp³-hybridized carbons (Fsp3) is 0.162. The molecule has 7 rings (SSSR count). The van der Waals surface area contributed by atoms with E-state index in [0.29, 0.717) is 40.6 Å². The number of rotatable bonds is 13. The molecule has 13 nitrogen and oxygen atoms in total. The van der Waals surface area contributed by atoms with E-state index in [2.05, 4.69) is 50.5 Å². The van der Waals surface area contributed by atoms with Crippen LogP contribution in [0.3, 0.4) is 0 Å². The normalized spacial score (nSPS) is 10.8. The zero-order valence-corrected chi connectivity index (χ0v) is 30.4. The lowest BCUT2D eigenvalue weighted by Crippen LogP contribution is -2.10. The summed E-state index contributed by atoms with van der Waals surface area (Å²) in [6.45, 7) is 1.40. The van der Waals surface area contributed by atoms with E-state index in [1.807, 2.05) is 30.3 Å². The van der Waals surface area contributed by atoms with Gasteiger partial charge in [0, 0.05) is 55.0 Å². The molecule has 3 aromatic carbocycles. The topological polar surface area (TPSA) is 196 Å². The molecule has 0 spiro atoms. The Bertz CT molecular complexity index is 2260. The molecule has 0 atom stereocenters. The van der Waals surface area contributed by atoms with Gasteiger partial charge < -0.3 is 31.4 Å². The number of halogens is 3. The molecule has 0 bridgehead atoms. The molecule has 0 unspecified atom stereocenters. The van der Waals surface area contributed by atoms with E-state index in [-0.39, 0.29) is 10.9 Å². The maximum atomic E-state index is 11.1. The van der Waals surface area contributed by atoms with E-state index in [9.17, 15) is 9.90 Å². The monoisotopic (exact) mass is 769 g/mol. The average molecular weight is 771 g/mol. The van der Waals surface area contributed by atoms with Crippen LogP contribution in [0.5, 0.6) is 5.75 Å². The zero-order chi connectivity index (χ0) is 37.2. The summed E-state index contributed by atoms with van der Waals surface area (Å²) in [5.41, 5.74) is 11.0. The van der Waals surface area contributed by atoms with Gasteiger partial charge in [-0.1, -0.05) is 59.1 Å². The van der Waals surface area contributed by atoms with Gasteiger partial charge in [0.25, 0.3) is 0 Å². The summed E-state index contributed by atoms with van der Waals surface area (Å²) in [7, 11) is 0. The SMILES string of the molecule is NC(=O)c1ccc(-c2ccnc(NCCCc3nc(Cl)c(Cl)[nH]3)n2)cc1.Oc1ccc(-c2ccnc(NCCCc3nc4ccccc4[nH]3)n2)cc1Cl. The highest BCUT2D eigenvalue weighted by molar-refractivity contribution is 6.40. The molecule has 1 amide bonds. The maximum absolute atomic E-state index is 11.1. The Balaban J connectivity index is 0.000000182. The number of hydrogen-bond donors (Lipinski definition) is 6. The quantitative estimate of drug-likeness (QED) is 0.0631. The minimum Gasteiger partial charge on any atom is -0.506 e. The number of anilines is 2. The summed E-state index contributed by atoms with van der Waals surface area (Å²) in [5, 5.41) is 16.9. The van der Waals surface area contributed by atoms with E-state index in [4.69, 9.17) is 40.5 Å². The third-order valence-electron chi connectivity index (χ3n) is 7.87. The fourth-order valence-corrected chi connectivity index (χ4v) is 5.69. The molecule has 0 aliphatic heterocycles. The van der Waals surface area contributed by atoms with Crippen molar-refractivity contribution < 1.29 is 9.90 Å². The van der Waals surface area contributed by atoms with Crippen molar-refractivity contribution >= 4 is 63.6 Å². The number of phenolic OH excluding ortho intramolecular Hbond substituents is 1. The van der Waals surface area contributed by atoms with Gasteiger partial charge in [0.15, 0.2) is 5.15 Å². The zero-order valence-electron chi connectivity index (χ0n) is 28.2. The number of benzene rings is 3. The number of aryl methyl sites for hydroxylation is 2. The molecular formula is C37H34Cl3N11O2. The van der Waals surface area contributed by atoms with E-state index < -0.39 is 5.91 Å². The van der Waals surface area contributed by atoms with E-state index in [1.54, 1.807) is 60.9 Å². The number of carbonyl (C=O) groups excluding carboxylic acids is 1. The van der Waals surface area contributed by atoms with Gasteiger partial charge in [-0.2, -0.15) is 0 Å². The van der Waals surface area contributed by atoms with E-state index >= 15 is 0 Å². The number of phenols is 1. The van der Waals surface area contributed by atoms with Crippen molar-refractivity contribution in [2.75, 3.05) is 23.7 Å². The summed E-state index contributed by atoms with van der Waals surface area (Å²) >= 11 is 17.6. The van der Waals surface area contributed by atoms with Crippen molar-refractivity contribution in [3.8, 4) is 28.3 Å². The molecule has 0 saturated heterocycles. The van der Waals surface area contributed by atoms with Gasteiger partial charge in [-0.05, 0) is 67.4 Å². The standard InChI is InChI=1S/C20H18ClN5O.C17H16Cl2N6O/c21-14-12-13(7-8-18(14)27)15-9-11-23-20(26-15)22-10-3-6-19-24-16-4-1-2-5-17(16)25-19;18-14-15(19)25-13(24-14)2-1-8-21-17-22-9-7-12(23-17)10-3-5-11(6-4-10)16(20)26/h1-2,4-5,7-9,11-12,27H,3,6,10H2,(H,24,25)(H,22,23,26);3-7,9H,1-2,8H2,(H2,20,26)(H,24,25)(H,21,22,23). The Labute approximate surface area is 319 Å². The van der Waals surface area contributed by atoms with Crippen LogP contribution >= 0.6 is 34.8 Å². The number of nitrogens with two attached hydrogens (primary N) is 1. The number of para-hydroxylation sites is 2. The van der Waals surface area contributed by atoms with Gasteiger partial charge in [-0.3, -0.25) is 4.79 Å². The molecule has 0 fully saturated rings. The number of imidazole rings is 2. The third kappa shape index (κ3) is 10.2. The highest BCUT2D eigenvalue weighted by atomic mass is 35.5. The first-order chi connectivity index (χ1) is 25.7. The van der Waals surface area contributed by atoms with Crippen molar-refractivity contribution in [3.63, 3.8) is 0 Å². The predicted octanol–water partition coefficient (Wildman–Crippen LogP) is 7.74. The first-order valence-electron chi connectivity index (χ1n) is 16.6. The first kappa shape index (κ1) is 37.0. The average Bonchev–Trinajstić information content (AvgIpc) is 3.74. The highest BCUT2D eigenvalue weighted by Gasteiger charge is 2.09. The number of aromatic nitrogens is 8. The lowest BCUT2D eigenvalue weighted by atomic mass is 10.1. The number of nitrogens with one attached hydrogen (secondary N) is 4. The molecule has 0 aliphatic carbocycles. The second-order valence-corrected chi connectivity index (χ2v) is 12.8. The third-order valence-corrected chi connectivity index (χ3v) is 8.82. The van der Waals surface area contributed by atoms with Gasteiger partial charge in [0.1, 0.15) is 22.6 Å². The van der Waals surface area contributed by atoms with Gasteiger partial charge in [-0.25, -0.2) is 29.9 Å². The minimum atomic E-state index is -0.458. The Morgan fingerprint density at radius 1 is 0.717 bits per heavy atom. The van der Waals surface area contributed by atoms with E-state index in [0.717, 1.165) is 71.0 Å². The van der Waals surface area contributed by atoms with Crippen LogP contribution in [-0.2, 0) is 12.8 Å². The lowest BCUT2D eigenvalue weighted by Gasteiger charge is -2.07. The second kappa shape index (κ2) is 17.6. The van der Waals surface area contributed by atoms with Gasteiger partial charge in [0.2, 0.25) is 17.8 Å². The van der Waals surface area contributed by atoms with Crippen LogP contribution in [0, 0.1) is 0 Å². The van der Waals surface area contributed by atoms with Crippen molar-refractivity contribution in [1.82, 2.24) is 39.9 Å². The number of carbonyl (C=O) groups is 1. The van der Waals surface area contributed by atoms with Crippen LogP contribution in [0.1, 0.15) is 34.8 Å². The summed E-state index contributed by atoms with van der Waals surface area (Å²) in [4.78, 5) is 43.5. The summed E-state index contributed by atoms with van der Waals surface area (Å²) in [5.74, 6) is 2.40. The Morgan fingerprint density at radius 2 is 1.32 bits per heavy atom. The molecule has 16 heteroatoms. The molecule has 0 radical (unpaired) electrons. The Morgan fingerprint density at radius 3 is 1.91 bits per heavy atom. The predicted molar refractivity (Wildman–Crippen MR) is 208 cm³/mol. The van der Waals surface area contributed by atoms with Crippen LogP contribution in [0.2, 0.25) is 15.3 Å². The van der Waals surface area contributed by atoms with Crippen molar-refractivity contribution in [2.24, 2.45) is 5.73 Å². The highest BCUT2D eigenvalue weighted by Crippen LogP contribution is 2.28. The fourth-order valence-electron chi connectivity index (χ4n) is 5.21. The van der Waals surface area contributed by atoms with Gasteiger partial charge in [0.05, 0.1) is 27.4 Å². The number of primary amides is 1. The smallest absolute Gasteiger partial charge is 0.248 e. The molecular weight excluding hydrogens is 737 g/mol. The van der Waals surface area contributed by atoms with Crippen LogP contribution in [0.15, 0.2) is 91.3 Å². The van der Waals surface area contributed by atoms with Gasteiger partial charge in [-0.15, -0.1) is 0 Å². The van der Waals surface area contributed by atoms with Crippen LogP contribution in [0.25, 0.3) is 33.5 Å². The molecule has 7 aromatic rings. The number of aromatic hydroxyl groups is 1. The molecule has 0 saturated carbocycles.